The molecule has 0 radical (unpaired) electrons. The van der Waals surface area contributed by atoms with Crippen LogP contribution in [0.2, 0.25) is 0 Å². The predicted octanol–water partition coefficient (Wildman–Crippen LogP) is 7.64. The molecule has 5 aromatic rings. The number of β-lactam (4-membered cyclic amide) rings is 4. The van der Waals surface area contributed by atoms with Crippen molar-refractivity contribution in [1.29, 1.82) is 0 Å². The summed E-state index contributed by atoms with van der Waals surface area (Å²) >= 11 is 6.21. The number of aliphatic carboxylic acids is 1. The van der Waals surface area contributed by atoms with Crippen LogP contribution in [0.15, 0.2) is 120 Å². The molecule has 4 spiro atoms. The standard InChI is InChI=1S/3C19H26N2O3.C15H18N2O3.C7H11NO3.C6H9NO3.C6H5NO3.C4H9I.CH2S.CH4.Na.H/c3*1-14(2)11-20-9-8-19(10-17(20)22)13-21(18(19)23)12-15-4-6-16(24-3)7-5-15;1-20-12-4-2-11(3-5-12)9-17-10-15(14(17)19)6-7-16-13(18)8-15;1-11-7(10)5-2-3-8-6(9)4-5;2*8-5-3-4(6(9)10)1-2-7-5;1-4(2)3-5;1-2;;;/h3*4-7,14H,8-13H2,1-3H3;2-5H,6-10H2,1H3,(H,16,18);5H,2-4H2,1H3,(H,8,9);4H,1-3H2,(H,7,8)(H,9,10);1-3H,(H,7,8)(H,9,10);4H,3H2,1-2H3;1H2;1H4;;/q;;;;;;;;;;+1;-1/i;;;;;;;;;1T;;. The quantitative estimate of drug-likeness (QED) is 0.00967. The number of likely N-dealkylation sites (tertiary alicyclic amines) is 7. The topological polar surface area (TPSA) is 400 Å². The van der Waals surface area contributed by atoms with E-state index >= 15 is 0 Å². The van der Waals surface area contributed by atoms with Gasteiger partial charge in [0.1, 0.15) is 23.0 Å². The molecule has 132 heavy (non-hydrogen) atoms. The number of carboxylic acid groups (broad SMARTS) is 2. The summed E-state index contributed by atoms with van der Waals surface area (Å²) in [4.78, 5) is 178. The molecule has 15 rings (SSSR count). The number of methoxy groups -OCH3 is 5. The fourth-order valence-electron chi connectivity index (χ4n) is 17.0. The van der Waals surface area contributed by atoms with Crippen LogP contribution in [0.25, 0.3) is 0 Å². The Bertz CT molecular complexity index is 4490. The molecule has 0 saturated carbocycles. The molecule has 32 nitrogen and oxygen atoms in total. The molecule has 35 heteroatoms. The first-order valence-electron chi connectivity index (χ1n) is 45.2. The van der Waals surface area contributed by atoms with E-state index in [2.05, 4.69) is 122 Å². The van der Waals surface area contributed by atoms with Crippen molar-refractivity contribution in [2.75, 3.05) is 125 Å². The zero-order valence-corrected chi connectivity index (χ0v) is 84.4. The number of nitrogens with one attached hydrogen (secondary N) is 4. The van der Waals surface area contributed by atoms with Crippen LogP contribution in [-0.4, -0.2) is 257 Å². The predicted molar refractivity (Wildman–Crippen MR) is 509 cm³/mol. The summed E-state index contributed by atoms with van der Waals surface area (Å²) in [6.45, 7) is 28.5. The van der Waals surface area contributed by atoms with Crippen LogP contribution in [0.4, 0.5) is 0 Å². The van der Waals surface area contributed by atoms with E-state index in [1.165, 1.54) is 31.2 Å². The van der Waals surface area contributed by atoms with Gasteiger partial charge in [-0.25, -0.2) is 4.79 Å². The van der Waals surface area contributed by atoms with E-state index in [9.17, 15) is 67.1 Å². The van der Waals surface area contributed by atoms with E-state index in [-0.39, 0.29) is 120 Å². The van der Waals surface area contributed by atoms with Crippen molar-refractivity contribution >= 4 is 118 Å². The van der Waals surface area contributed by atoms with Crippen LogP contribution in [0.3, 0.4) is 0 Å². The Kier molecular flexibility index (Phi) is 45.1. The number of ether oxygens (including phenoxy) is 5. The summed E-state index contributed by atoms with van der Waals surface area (Å²) in [5.41, 5.74) is 2.21. The minimum absolute atomic E-state index is 0. The molecule has 1 aromatic heterocycles. The van der Waals surface area contributed by atoms with Gasteiger partial charge in [-0.3, -0.25) is 62.3 Å². The number of aromatic carboxylic acids is 1. The summed E-state index contributed by atoms with van der Waals surface area (Å²) < 4.78 is 32.1. The molecule has 10 saturated heterocycles. The fourth-order valence-corrected chi connectivity index (χ4v) is 17.0. The molecule has 10 aliphatic rings. The second kappa shape index (κ2) is 53.7. The minimum atomic E-state index is -1.09. The fraction of sp³-hybridized carbons (Fsp3) is 0.557. The maximum atomic E-state index is 12.7. The zero-order valence-electron chi connectivity index (χ0n) is 81.4. The Hall–Kier alpha value is -10.0. The van der Waals surface area contributed by atoms with Gasteiger partial charge in [-0.05, 0) is 145 Å². The third-order valence-electron chi connectivity index (χ3n) is 24.1. The molecule has 11 heterocycles. The van der Waals surface area contributed by atoms with E-state index in [1.54, 1.807) is 28.4 Å². The minimum Gasteiger partial charge on any atom is -1.00 e. The number of benzene rings is 4. The number of alkyl halides is 1. The van der Waals surface area contributed by atoms with Crippen molar-refractivity contribution in [1.82, 2.24) is 55.2 Å². The molecule has 0 bridgehead atoms. The number of H-pyrrole nitrogens is 1. The van der Waals surface area contributed by atoms with Crippen molar-refractivity contribution < 1.29 is 129 Å². The SMILES string of the molecule is C=S.CC(C)CI.COC(=O)C1CCNC(=O)C1.COc1ccc(CN2CC3(CCN(CC(C)C)C(=O)C3)C2=O)cc1.COc1ccc(CN2CC3(CCN(CC(C)C)C(=O)C3)C2=O)cc1.COc1ccc(CN2CC3(CCN(CC(C)C)C(=O)C3)C2=O)cc1.COc1ccc(CN2CC3(CCNC(=O)C3)C2=O)cc1.O=C(O)c1cc[nH]c(=O)c1.O=C1CC(C(=O)O)CCN1.[3H]C.[H-].[Na+]. The van der Waals surface area contributed by atoms with E-state index in [4.69, 9.17) is 30.5 Å². The first kappa shape index (κ1) is 111. The molecule has 6 N–H and O–H groups in total. The van der Waals surface area contributed by atoms with Crippen LogP contribution in [0, 0.1) is 57.2 Å². The molecular formula is C97H137IN11NaO21S. The van der Waals surface area contributed by atoms with Gasteiger partial charge in [0.2, 0.25) is 64.6 Å². The Labute approximate surface area is 820 Å². The number of carbonyl (C=O) groups excluding carboxylic acids is 11. The van der Waals surface area contributed by atoms with Crippen LogP contribution in [-0.2, 0) is 88.5 Å². The van der Waals surface area contributed by atoms with E-state index in [1.807, 2.05) is 131 Å². The number of amides is 10. The van der Waals surface area contributed by atoms with Crippen molar-refractivity contribution in [3.05, 3.63) is 154 Å². The molecule has 720 valence electrons. The normalized spacial score (nSPS) is 21.9. The molecule has 6 atom stereocenters. The summed E-state index contributed by atoms with van der Waals surface area (Å²) in [6.07, 6.45) is 7.55. The number of nitrogens with zero attached hydrogens (tertiary/aromatic N) is 7. The molecule has 10 aliphatic heterocycles. The Morgan fingerprint density at radius 3 is 0.977 bits per heavy atom. The number of rotatable bonds is 22. The van der Waals surface area contributed by atoms with Crippen molar-refractivity contribution in [2.24, 2.45) is 57.2 Å². The molecule has 4 aromatic carbocycles. The van der Waals surface area contributed by atoms with Gasteiger partial charge >= 0.3 is 47.5 Å². The molecule has 0 aliphatic carbocycles. The summed E-state index contributed by atoms with van der Waals surface area (Å²) in [6, 6.07) is 33.4. The van der Waals surface area contributed by atoms with Crippen LogP contribution < -0.4 is 70.0 Å². The van der Waals surface area contributed by atoms with Crippen LogP contribution >= 0.6 is 34.8 Å². The van der Waals surface area contributed by atoms with Gasteiger partial charge in [-0.15, -0.1) is 0 Å². The van der Waals surface area contributed by atoms with Gasteiger partial charge in [0.05, 0.1) is 74.6 Å². The van der Waals surface area contributed by atoms with E-state index in [0.29, 0.717) is 148 Å². The monoisotopic (exact) mass is 1980 g/mol. The number of hydrogen-bond acceptors (Lipinski definition) is 20. The third kappa shape index (κ3) is 32.4. The van der Waals surface area contributed by atoms with Crippen LogP contribution in [0.1, 0.15) is 175 Å². The number of thiocarbonyl (C=S) groups is 1. The van der Waals surface area contributed by atoms with Gasteiger partial charge in [-0.1, -0.05) is 146 Å². The van der Waals surface area contributed by atoms with Gasteiger partial charge in [-0.2, -0.15) is 0 Å². The summed E-state index contributed by atoms with van der Waals surface area (Å²) in [7, 11) is 9.14. The maximum Gasteiger partial charge on any atom is 1.00 e. The smallest absolute Gasteiger partial charge is 1.00 e. The Balaban J connectivity index is 0.000000329. The second-order valence-corrected chi connectivity index (χ2v) is 37.0. The van der Waals surface area contributed by atoms with E-state index < -0.39 is 45.1 Å². The molecular weight excluding hydrogens is 1840 g/mol. The van der Waals surface area contributed by atoms with E-state index in [0.717, 1.165) is 103 Å². The second-order valence-electron chi connectivity index (χ2n) is 36.2. The van der Waals surface area contributed by atoms with Gasteiger partial charge in [0, 0.05) is 168 Å². The summed E-state index contributed by atoms with van der Waals surface area (Å²) in [5.74, 6) is 6.11. The molecule has 10 fully saturated rings. The number of aromatic nitrogens is 1. The molecule has 6 unspecified atom stereocenters. The van der Waals surface area contributed by atoms with Gasteiger partial charge in [0.15, 0.2) is 0 Å². The van der Waals surface area contributed by atoms with Crippen molar-refractivity contribution in [3.63, 3.8) is 0 Å². The average Bonchev–Trinajstić information content (AvgIpc) is 0.745. The zero-order chi connectivity index (χ0) is 97.8. The Morgan fingerprint density at radius 1 is 0.455 bits per heavy atom. The number of pyridine rings is 1. The molecule has 10 amide bonds. The summed E-state index contributed by atoms with van der Waals surface area (Å²) in [5, 5.41) is 24.8. The largest absolute Gasteiger partial charge is 1.00 e. The first-order chi connectivity index (χ1) is 62.8. The number of halogens is 1. The number of hydrogen-bond donors (Lipinski definition) is 6. The van der Waals surface area contributed by atoms with Crippen molar-refractivity contribution in [2.45, 2.75) is 166 Å². The number of piperidine rings is 6. The number of carboxylic acids is 2. The van der Waals surface area contributed by atoms with Crippen molar-refractivity contribution in [3.8, 4) is 23.0 Å². The van der Waals surface area contributed by atoms with Gasteiger partial charge in [0.25, 0.3) is 0 Å². The average molecular weight is 1980 g/mol. The van der Waals surface area contributed by atoms with Crippen LogP contribution in [0.5, 0.6) is 23.0 Å². The maximum absolute atomic E-state index is 12.7. The number of aromatic amines is 1. The number of carbonyl (C=O) groups is 13. The number of esters is 1. The van der Waals surface area contributed by atoms with Gasteiger partial charge < -0.3 is 90.6 Å². The first-order valence-corrected chi connectivity index (χ1v) is 46.3. The Morgan fingerprint density at radius 2 is 0.750 bits per heavy atom. The third-order valence-corrected chi connectivity index (χ3v) is 25.8.